The number of aryl methyl sites for hydroxylation is 2. The lowest BCUT2D eigenvalue weighted by Crippen LogP contribution is -2.19. The fourth-order valence-corrected chi connectivity index (χ4v) is 5.38. The molecular formula is C22H20FN3O4S2. The zero-order chi connectivity index (χ0) is 23.0. The van der Waals surface area contributed by atoms with E-state index in [2.05, 4.69) is 4.72 Å². The third-order valence-corrected chi connectivity index (χ3v) is 7.44. The normalized spacial score (nSPS) is 11.6. The van der Waals surface area contributed by atoms with E-state index in [9.17, 15) is 17.6 Å². The van der Waals surface area contributed by atoms with Crippen molar-refractivity contribution >= 4 is 38.5 Å². The quantitative estimate of drug-likeness (QED) is 0.458. The average molecular weight is 474 g/mol. The fourth-order valence-electron chi connectivity index (χ4n) is 3.29. The maximum absolute atomic E-state index is 13.3. The van der Waals surface area contributed by atoms with Crippen LogP contribution in [0.25, 0.3) is 11.0 Å². The molecule has 4 rings (SSSR count). The second kappa shape index (κ2) is 8.36. The molecular weight excluding hydrogens is 453 g/mol. The number of rotatable bonds is 6. The first kappa shape index (κ1) is 22.0. The van der Waals surface area contributed by atoms with Gasteiger partial charge in [0.15, 0.2) is 0 Å². The summed E-state index contributed by atoms with van der Waals surface area (Å²) in [7, 11) is 0.782. The van der Waals surface area contributed by atoms with E-state index in [4.69, 9.17) is 4.74 Å². The number of sulfonamides is 1. The molecule has 0 saturated heterocycles. The highest BCUT2D eigenvalue weighted by Crippen LogP contribution is 2.37. The van der Waals surface area contributed by atoms with Gasteiger partial charge in [-0.2, -0.15) is 0 Å². The number of ether oxygens (including phenoxy) is 1. The van der Waals surface area contributed by atoms with Gasteiger partial charge in [0.25, 0.3) is 10.0 Å². The van der Waals surface area contributed by atoms with E-state index in [1.54, 1.807) is 50.5 Å². The molecule has 3 aromatic carbocycles. The predicted molar refractivity (Wildman–Crippen MR) is 122 cm³/mol. The van der Waals surface area contributed by atoms with Crippen LogP contribution in [0.5, 0.6) is 5.75 Å². The van der Waals surface area contributed by atoms with Gasteiger partial charge in [-0.15, -0.1) is 0 Å². The topological polar surface area (TPSA) is 82.3 Å². The van der Waals surface area contributed by atoms with Gasteiger partial charge in [0.2, 0.25) is 0 Å². The molecule has 0 aliphatic rings. The molecule has 0 unspecified atom stereocenters. The summed E-state index contributed by atoms with van der Waals surface area (Å²) < 4.78 is 50.3. The molecule has 0 aliphatic carbocycles. The summed E-state index contributed by atoms with van der Waals surface area (Å²) in [5.41, 5.74) is 1.29. The van der Waals surface area contributed by atoms with E-state index in [0.717, 1.165) is 0 Å². The Bertz CT molecular complexity index is 1480. The molecule has 0 bridgehead atoms. The first-order chi connectivity index (χ1) is 15.2. The Balaban J connectivity index is 1.84. The number of aromatic nitrogens is 2. The molecule has 0 amide bonds. The number of methoxy groups -OCH3 is 1. The smallest absolute Gasteiger partial charge is 0.328 e. The number of nitrogens with zero attached hydrogens (tertiary/aromatic N) is 2. The van der Waals surface area contributed by atoms with Crippen molar-refractivity contribution in [3.63, 3.8) is 0 Å². The van der Waals surface area contributed by atoms with E-state index in [1.807, 2.05) is 0 Å². The van der Waals surface area contributed by atoms with Crippen LogP contribution in [0.1, 0.15) is 0 Å². The van der Waals surface area contributed by atoms with Crippen molar-refractivity contribution in [2.24, 2.45) is 14.1 Å². The predicted octanol–water partition coefficient (Wildman–Crippen LogP) is 3.98. The van der Waals surface area contributed by atoms with Crippen LogP contribution in [0, 0.1) is 5.82 Å². The van der Waals surface area contributed by atoms with Crippen molar-refractivity contribution in [1.82, 2.24) is 9.13 Å². The van der Waals surface area contributed by atoms with Gasteiger partial charge in [0.1, 0.15) is 11.6 Å². The minimum atomic E-state index is -3.95. The minimum absolute atomic E-state index is 0.0385. The van der Waals surface area contributed by atoms with Crippen LogP contribution in [0.4, 0.5) is 10.1 Å². The number of halogens is 1. The van der Waals surface area contributed by atoms with Crippen LogP contribution < -0.4 is 15.1 Å². The van der Waals surface area contributed by atoms with E-state index in [0.29, 0.717) is 32.3 Å². The molecule has 4 aromatic rings. The number of anilines is 1. The fraction of sp³-hybridized carbons (Fsp3) is 0.136. The zero-order valence-electron chi connectivity index (χ0n) is 17.5. The molecule has 0 aliphatic heterocycles. The summed E-state index contributed by atoms with van der Waals surface area (Å²) in [6, 6.07) is 15.4. The van der Waals surface area contributed by atoms with E-state index >= 15 is 0 Å². The number of imidazole rings is 1. The molecule has 10 heteroatoms. The average Bonchev–Trinajstić information content (AvgIpc) is 2.99. The van der Waals surface area contributed by atoms with E-state index in [-0.39, 0.29) is 16.4 Å². The van der Waals surface area contributed by atoms with Gasteiger partial charge in [0.05, 0.1) is 28.7 Å². The first-order valence-electron chi connectivity index (χ1n) is 9.49. The van der Waals surface area contributed by atoms with Crippen LogP contribution in [0.3, 0.4) is 0 Å². The van der Waals surface area contributed by atoms with Crippen molar-refractivity contribution in [2.45, 2.75) is 14.7 Å². The number of hydrogen-bond donors (Lipinski definition) is 1. The van der Waals surface area contributed by atoms with Gasteiger partial charge < -0.3 is 4.74 Å². The van der Waals surface area contributed by atoms with Crippen LogP contribution in [-0.4, -0.2) is 24.7 Å². The monoisotopic (exact) mass is 473 g/mol. The summed E-state index contributed by atoms with van der Waals surface area (Å²) in [4.78, 5) is 13.7. The molecule has 1 aromatic heterocycles. The van der Waals surface area contributed by atoms with Gasteiger partial charge in [0, 0.05) is 30.0 Å². The second-order valence-electron chi connectivity index (χ2n) is 7.08. The SMILES string of the molecule is COc1cccc(S(=O)(=O)Nc2cc3c(cc2Sc2ccc(F)cc2)n(C)c(=O)n3C)c1. The Morgan fingerprint density at radius 1 is 0.969 bits per heavy atom. The summed E-state index contributed by atoms with van der Waals surface area (Å²) >= 11 is 1.26. The van der Waals surface area contributed by atoms with Crippen molar-refractivity contribution in [3.05, 3.63) is 77.0 Å². The van der Waals surface area contributed by atoms with Gasteiger partial charge in [-0.25, -0.2) is 17.6 Å². The number of hydrogen-bond acceptors (Lipinski definition) is 5. The number of nitrogens with one attached hydrogen (secondary N) is 1. The number of benzene rings is 3. The molecule has 0 fully saturated rings. The van der Waals surface area contributed by atoms with Crippen LogP contribution in [0.2, 0.25) is 0 Å². The van der Waals surface area contributed by atoms with Gasteiger partial charge in [-0.3, -0.25) is 13.9 Å². The van der Waals surface area contributed by atoms with Crippen molar-refractivity contribution in [2.75, 3.05) is 11.8 Å². The molecule has 0 radical (unpaired) electrons. The van der Waals surface area contributed by atoms with Crippen molar-refractivity contribution < 1.29 is 17.5 Å². The summed E-state index contributed by atoms with van der Waals surface area (Å²) in [6.45, 7) is 0. The lowest BCUT2D eigenvalue weighted by Gasteiger charge is -2.14. The molecule has 0 atom stereocenters. The molecule has 7 nitrogen and oxygen atoms in total. The van der Waals surface area contributed by atoms with Crippen LogP contribution in [0.15, 0.2) is 80.1 Å². The van der Waals surface area contributed by atoms with Crippen LogP contribution >= 0.6 is 11.8 Å². The maximum Gasteiger partial charge on any atom is 0.328 e. The Morgan fingerprint density at radius 3 is 2.28 bits per heavy atom. The third kappa shape index (κ3) is 4.11. The summed E-state index contributed by atoms with van der Waals surface area (Å²) in [5.74, 6) is 0.0453. The largest absolute Gasteiger partial charge is 0.497 e. The molecule has 166 valence electrons. The van der Waals surface area contributed by atoms with Crippen molar-refractivity contribution in [1.29, 1.82) is 0 Å². The lowest BCUT2D eigenvalue weighted by atomic mass is 10.3. The standard InChI is InChI=1S/C22H20FN3O4S2/c1-25-19-12-18(24-32(28,29)17-6-4-5-15(11-17)30-3)21(13-20(19)26(2)22(25)27)31-16-9-7-14(23)8-10-16/h4-13,24H,1-3H3. The summed E-state index contributed by atoms with van der Waals surface area (Å²) in [5, 5.41) is 0. The molecule has 1 N–H and O–H groups in total. The van der Waals surface area contributed by atoms with Crippen LogP contribution in [-0.2, 0) is 24.1 Å². The highest BCUT2D eigenvalue weighted by atomic mass is 32.2. The molecule has 1 heterocycles. The maximum atomic E-state index is 13.3. The molecule has 0 saturated carbocycles. The third-order valence-electron chi connectivity index (χ3n) is 5.01. The zero-order valence-corrected chi connectivity index (χ0v) is 19.1. The molecule has 32 heavy (non-hydrogen) atoms. The van der Waals surface area contributed by atoms with Gasteiger partial charge in [-0.1, -0.05) is 17.8 Å². The van der Waals surface area contributed by atoms with Crippen molar-refractivity contribution in [3.8, 4) is 5.75 Å². The van der Waals surface area contributed by atoms with E-state index in [1.165, 1.54) is 52.3 Å². The Morgan fingerprint density at radius 2 is 1.62 bits per heavy atom. The number of fused-ring (bicyclic) bond motifs is 1. The lowest BCUT2D eigenvalue weighted by molar-refractivity contribution is 0.413. The molecule has 0 spiro atoms. The van der Waals surface area contributed by atoms with E-state index < -0.39 is 10.0 Å². The Kier molecular flexibility index (Phi) is 5.74. The minimum Gasteiger partial charge on any atom is -0.497 e. The highest BCUT2D eigenvalue weighted by molar-refractivity contribution is 7.99. The first-order valence-corrected chi connectivity index (χ1v) is 11.8. The van der Waals surface area contributed by atoms with Gasteiger partial charge in [-0.05, 0) is 48.5 Å². The summed E-state index contributed by atoms with van der Waals surface area (Å²) in [6.07, 6.45) is 0. The second-order valence-corrected chi connectivity index (χ2v) is 9.88. The van der Waals surface area contributed by atoms with Gasteiger partial charge >= 0.3 is 5.69 Å². The highest BCUT2D eigenvalue weighted by Gasteiger charge is 2.20. The Labute approximate surface area is 188 Å². The Hall–Kier alpha value is -3.24.